The van der Waals surface area contributed by atoms with E-state index >= 15 is 0 Å². The molecule has 0 atom stereocenters. The smallest absolute Gasteiger partial charge is 0.0346 e. The zero-order chi connectivity index (χ0) is 26.9. The minimum Gasteiger partial charge on any atom is -0.344 e. The van der Waals surface area contributed by atoms with Gasteiger partial charge in [0.2, 0.25) is 0 Å². The molecule has 0 unspecified atom stereocenters. The van der Waals surface area contributed by atoms with Crippen LogP contribution in [-0.2, 0) is 0 Å². The molecule has 0 aliphatic heterocycles. The molecule has 1 nitrogen and oxygen atoms in total. The van der Waals surface area contributed by atoms with Gasteiger partial charge in [-0.25, -0.2) is 0 Å². The number of hydrogen-bond donors (Lipinski definition) is 1. The van der Waals surface area contributed by atoms with Gasteiger partial charge in [-0.3, -0.25) is 0 Å². The van der Waals surface area contributed by atoms with E-state index in [0.29, 0.717) is 0 Å². The van der Waals surface area contributed by atoms with Crippen molar-refractivity contribution < 1.29 is 0 Å². The van der Waals surface area contributed by atoms with Crippen LogP contribution in [0, 0.1) is 0 Å². The number of allylic oxidation sites excluding steroid dienone is 7. The van der Waals surface area contributed by atoms with Gasteiger partial charge in [-0.1, -0.05) is 154 Å². The summed E-state index contributed by atoms with van der Waals surface area (Å²) in [6, 6.07) is 0. The van der Waals surface area contributed by atoms with Crippen molar-refractivity contribution in [1.29, 1.82) is 0 Å². The van der Waals surface area contributed by atoms with Crippen LogP contribution < -0.4 is 6.15 Å². The first-order valence-electron chi connectivity index (χ1n) is 15.1. The first-order chi connectivity index (χ1) is 16.5. The fourth-order valence-corrected chi connectivity index (χ4v) is 3.49. The third-order valence-electron chi connectivity index (χ3n) is 5.95. The molecule has 1 fully saturated rings. The van der Waals surface area contributed by atoms with E-state index in [-0.39, 0.29) is 6.15 Å². The molecule has 0 spiro atoms. The molecule has 1 rings (SSSR count). The summed E-state index contributed by atoms with van der Waals surface area (Å²) in [6.07, 6.45) is 30.3. The van der Waals surface area contributed by atoms with Crippen molar-refractivity contribution >= 4 is 0 Å². The lowest BCUT2D eigenvalue weighted by molar-refractivity contribution is 0.702. The molecule has 0 aromatic rings. The third kappa shape index (κ3) is 43.4. The zero-order valence-electron chi connectivity index (χ0n) is 26.5. The Hall–Kier alpha value is -1.08. The molecule has 1 aliphatic rings. The molecule has 0 aromatic heterocycles. The highest BCUT2D eigenvalue weighted by Gasteiger charge is 1.95. The second-order valence-corrected chi connectivity index (χ2v) is 8.94. The Morgan fingerprint density at radius 2 is 1.09 bits per heavy atom. The molecule has 0 bridgehead atoms. The highest BCUT2D eigenvalue weighted by atomic mass is 14.0. The Morgan fingerprint density at radius 3 is 1.31 bits per heavy atom. The summed E-state index contributed by atoms with van der Waals surface area (Å²) in [4.78, 5) is 0. The third-order valence-corrected chi connectivity index (χ3v) is 5.95. The van der Waals surface area contributed by atoms with Gasteiger partial charge in [0.1, 0.15) is 0 Å². The Bertz CT molecular complexity index is 418. The summed E-state index contributed by atoms with van der Waals surface area (Å²) < 4.78 is 0. The van der Waals surface area contributed by atoms with Crippen LogP contribution in [0.2, 0.25) is 0 Å². The average molecular weight is 494 g/mol. The van der Waals surface area contributed by atoms with Crippen molar-refractivity contribution in [1.82, 2.24) is 6.15 Å². The van der Waals surface area contributed by atoms with Gasteiger partial charge in [0.05, 0.1) is 0 Å². The van der Waals surface area contributed by atoms with Gasteiger partial charge >= 0.3 is 0 Å². The first-order valence-corrected chi connectivity index (χ1v) is 15.1. The summed E-state index contributed by atoms with van der Waals surface area (Å²) in [7, 11) is 0. The van der Waals surface area contributed by atoms with Crippen LogP contribution in [0.25, 0.3) is 0 Å². The van der Waals surface area contributed by atoms with Gasteiger partial charge in [-0.2, -0.15) is 0 Å². The van der Waals surface area contributed by atoms with E-state index in [0.717, 1.165) is 6.42 Å². The van der Waals surface area contributed by atoms with Gasteiger partial charge in [0, 0.05) is 0 Å². The summed E-state index contributed by atoms with van der Waals surface area (Å²) in [5.74, 6) is 0. The van der Waals surface area contributed by atoms with Gasteiger partial charge in [0.25, 0.3) is 0 Å². The maximum Gasteiger partial charge on any atom is -0.0346 e. The van der Waals surface area contributed by atoms with E-state index in [1.54, 1.807) is 11.1 Å². The van der Waals surface area contributed by atoms with Crippen LogP contribution >= 0.6 is 0 Å². The maximum absolute atomic E-state index is 3.48. The molecule has 3 N–H and O–H groups in total. The minimum absolute atomic E-state index is 0. The fraction of sp³-hybridized carbons (Fsp3) is 0.765. The first kappa shape index (κ1) is 44.0. The monoisotopic (exact) mass is 494 g/mol. The van der Waals surface area contributed by atoms with E-state index in [2.05, 4.69) is 80.2 Å². The molecule has 0 radical (unpaired) electrons. The molecular formula is C34H71N. The van der Waals surface area contributed by atoms with Gasteiger partial charge < -0.3 is 6.15 Å². The van der Waals surface area contributed by atoms with E-state index in [4.69, 9.17) is 0 Å². The molecule has 0 aromatic carbocycles. The van der Waals surface area contributed by atoms with Gasteiger partial charge in [0.15, 0.2) is 0 Å². The SMILES string of the molecule is C1CCCCCC1.C=CCC.CC.CCC(CC)=C(C)C.CCCCC/C=C\C=C(CC)CC.N. The Balaban J connectivity index is -0.000000118. The highest BCUT2D eigenvalue weighted by Crippen LogP contribution is 2.15. The predicted molar refractivity (Wildman–Crippen MR) is 170 cm³/mol. The molecular weight excluding hydrogens is 422 g/mol. The summed E-state index contributed by atoms with van der Waals surface area (Å²) in [5.41, 5.74) is 4.65. The summed E-state index contributed by atoms with van der Waals surface area (Å²) in [5, 5.41) is 0. The van der Waals surface area contributed by atoms with Gasteiger partial charge in [-0.05, 0) is 58.8 Å². The Kier molecular flexibility index (Phi) is 54.0. The topological polar surface area (TPSA) is 35.0 Å². The lowest BCUT2D eigenvalue weighted by Crippen LogP contribution is -1.79. The van der Waals surface area contributed by atoms with E-state index in [1.165, 1.54) is 102 Å². The van der Waals surface area contributed by atoms with E-state index in [9.17, 15) is 0 Å². The van der Waals surface area contributed by atoms with Crippen molar-refractivity contribution in [2.45, 2.75) is 172 Å². The van der Waals surface area contributed by atoms with Crippen LogP contribution in [0.1, 0.15) is 172 Å². The predicted octanol–water partition coefficient (Wildman–Crippen LogP) is 13.5. The fourth-order valence-electron chi connectivity index (χ4n) is 3.49. The lowest BCUT2D eigenvalue weighted by Gasteiger charge is -2.00. The minimum atomic E-state index is 0. The molecule has 0 heterocycles. The Labute approximate surface area is 225 Å². The standard InChI is InChI=1S/C13H24.C8H16.C7H14.C4H8.C2H6.H3N/c1-4-7-8-9-10-11-12-13(5-2)6-3;1-5-8(6-2)7(3)4;1-2-4-6-7-5-3-1;1-3-4-2;1-2;/h10-12H,4-9H2,1-3H3;5-6H2,1-4H3;1-7H2;3H,1,4H2,2H3;1-2H3;1H3/b11-10-;;;;;. The van der Waals surface area contributed by atoms with Crippen molar-refractivity contribution in [3.63, 3.8) is 0 Å². The van der Waals surface area contributed by atoms with Crippen molar-refractivity contribution in [2.24, 2.45) is 0 Å². The van der Waals surface area contributed by atoms with Crippen LogP contribution in [0.5, 0.6) is 0 Å². The second-order valence-electron chi connectivity index (χ2n) is 8.94. The van der Waals surface area contributed by atoms with Crippen molar-refractivity contribution in [3.05, 3.63) is 47.6 Å². The molecule has 1 saturated carbocycles. The van der Waals surface area contributed by atoms with Crippen molar-refractivity contribution in [3.8, 4) is 0 Å². The summed E-state index contributed by atoms with van der Waals surface area (Å²) in [6.45, 7) is 25.0. The van der Waals surface area contributed by atoms with Crippen LogP contribution in [0.15, 0.2) is 47.6 Å². The average Bonchev–Trinajstić information content (AvgIpc) is 3.20. The van der Waals surface area contributed by atoms with Crippen LogP contribution in [0.4, 0.5) is 0 Å². The van der Waals surface area contributed by atoms with Crippen LogP contribution in [0.3, 0.4) is 0 Å². The largest absolute Gasteiger partial charge is 0.344 e. The number of hydrogen-bond acceptors (Lipinski definition) is 1. The molecule has 1 aliphatic carbocycles. The molecule has 35 heavy (non-hydrogen) atoms. The van der Waals surface area contributed by atoms with E-state index in [1.807, 2.05) is 19.9 Å². The summed E-state index contributed by atoms with van der Waals surface area (Å²) >= 11 is 0. The maximum atomic E-state index is 3.48. The quantitative estimate of drug-likeness (QED) is 0.140. The number of unbranched alkanes of at least 4 members (excludes halogenated alkanes) is 3. The zero-order valence-corrected chi connectivity index (χ0v) is 26.5. The highest BCUT2D eigenvalue weighted by molar-refractivity contribution is 5.11. The lowest BCUT2D eigenvalue weighted by atomic mass is 10.1. The molecule has 0 amide bonds. The van der Waals surface area contributed by atoms with Crippen LogP contribution in [-0.4, -0.2) is 0 Å². The van der Waals surface area contributed by atoms with Crippen molar-refractivity contribution in [2.75, 3.05) is 0 Å². The van der Waals surface area contributed by atoms with E-state index < -0.39 is 0 Å². The number of rotatable bonds is 10. The molecule has 0 saturated heterocycles. The molecule has 1 heteroatoms. The normalized spacial score (nSPS) is 11.7. The second kappa shape index (κ2) is 43.0. The Morgan fingerprint density at radius 1 is 0.686 bits per heavy atom. The molecule has 212 valence electrons. The van der Waals surface area contributed by atoms with Gasteiger partial charge in [-0.15, -0.1) is 6.58 Å².